The predicted octanol–water partition coefficient (Wildman–Crippen LogP) is 3.96. The lowest BCUT2D eigenvalue weighted by Gasteiger charge is -2.34. The Morgan fingerprint density at radius 1 is 1.22 bits per heavy atom. The molecule has 36 heavy (non-hydrogen) atoms. The molecule has 1 N–H and O–H groups in total. The summed E-state index contributed by atoms with van der Waals surface area (Å²) in [5.74, 6) is -0.672. The number of hydrogen-bond acceptors (Lipinski definition) is 7. The highest BCUT2D eigenvalue weighted by molar-refractivity contribution is 6.16. The van der Waals surface area contributed by atoms with Crippen molar-refractivity contribution in [1.82, 2.24) is 10.3 Å². The van der Waals surface area contributed by atoms with Crippen LogP contribution >= 0.6 is 0 Å². The maximum absolute atomic E-state index is 12.8. The third-order valence-corrected chi connectivity index (χ3v) is 5.80. The van der Waals surface area contributed by atoms with E-state index in [0.29, 0.717) is 12.3 Å². The fourth-order valence-corrected chi connectivity index (χ4v) is 3.89. The van der Waals surface area contributed by atoms with Gasteiger partial charge in [0.2, 0.25) is 5.91 Å². The van der Waals surface area contributed by atoms with E-state index >= 15 is 0 Å². The molecule has 9 nitrogen and oxygen atoms in total. The number of amides is 3. The number of carbonyl (C=O) groups excluding carboxylic acids is 3. The van der Waals surface area contributed by atoms with Gasteiger partial charge in [-0.15, -0.1) is 0 Å². The Labute approximate surface area is 212 Å². The minimum atomic E-state index is -0.581. The number of urea groups is 1. The highest BCUT2D eigenvalue weighted by Crippen LogP contribution is 2.22. The minimum Gasteiger partial charge on any atom is -0.466 e. The van der Waals surface area contributed by atoms with Crippen LogP contribution in [0.1, 0.15) is 50.0 Å². The Balaban J connectivity index is 1.55. The average Bonchev–Trinajstić information content (AvgIpc) is 2.83. The number of ether oxygens (including phenoxy) is 2. The first-order valence-corrected chi connectivity index (χ1v) is 12.0. The Morgan fingerprint density at radius 3 is 2.58 bits per heavy atom. The Morgan fingerprint density at radius 2 is 1.94 bits per heavy atom. The summed E-state index contributed by atoms with van der Waals surface area (Å²) in [6.07, 6.45) is 0.872. The molecule has 0 aliphatic carbocycles. The molecule has 192 valence electrons. The highest BCUT2D eigenvalue weighted by atomic mass is 16.5. The van der Waals surface area contributed by atoms with Crippen LogP contribution in [0.2, 0.25) is 0 Å². The van der Waals surface area contributed by atoms with E-state index < -0.39 is 12.2 Å². The molecule has 1 aliphatic heterocycles. The van der Waals surface area contributed by atoms with Gasteiger partial charge in [-0.3, -0.25) is 14.6 Å². The van der Waals surface area contributed by atoms with Crippen LogP contribution in [0.3, 0.4) is 0 Å². The van der Waals surface area contributed by atoms with Crippen molar-refractivity contribution in [2.24, 2.45) is 5.10 Å². The summed E-state index contributed by atoms with van der Waals surface area (Å²) in [7, 11) is 1.70. The zero-order chi connectivity index (χ0) is 26.2. The molecule has 0 saturated carbocycles. The molecule has 1 fully saturated rings. The molecule has 0 bridgehead atoms. The molecule has 1 aliphatic rings. The maximum atomic E-state index is 12.8. The number of hydrazone groups is 1. The first-order valence-electron chi connectivity index (χ1n) is 12.0. The number of nitrogens with one attached hydrogen (secondary N) is 1. The number of rotatable bonds is 10. The molecule has 3 rings (SSSR count). The van der Waals surface area contributed by atoms with E-state index in [9.17, 15) is 14.4 Å². The molecule has 9 heteroatoms. The summed E-state index contributed by atoms with van der Waals surface area (Å²) >= 11 is 0. The van der Waals surface area contributed by atoms with E-state index in [0.717, 1.165) is 16.0 Å². The van der Waals surface area contributed by atoms with Crippen LogP contribution in [0.15, 0.2) is 53.6 Å². The van der Waals surface area contributed by atoms with Gasteiger partial charge in [0.15, 0.2) is 0 Å². The molecule has 2 aromatic carbocycles. The lowest BCUT2D eigenvalue weighted by atomic mass is 10.1. The van der Waals surface area contributed by atoms with Crippen LogP contribution in [0.25, 0.3) is 0 Å². The molecule has 3 atom stereocenters. The van der Waals surface area contributed by atoms with Crippen molar-refractivity contribution in [3.8, 4) is 0 Å². The second kappa shape index (κ2) is 12.3. The van der Waals surface area contributed by atoms with Crippen molar-refractivity contribution in [3.63, 3.8) is 0 Å². The number of hydrogen-bond donors (Lipinski definition) is 1. The number of aryl methyl sites for hydroxylation is 1. The SMILES string of the molecule is CCOC(=O)Cc1ccc(N2C(=O)CC(N(C)/N=C/C(C)OC(C)c3cccc(C)c3)NC2=O)cc1. The summed E-state index contributed by atoms with van der Waals surface area (Å²) in [5.41, 5.74) is 3.43. The average molecular weight is 495 g/mol. The van der Waals surface area contributed by atoms with Crippen molar-refractivity contribution < 1.29 is 23.9 Å². The summed E-state index contributed by atoms with van der Waals surface area (Å²) in [6, 6.07) is 14.3. The third-order valence-electron chi connectivity index (χ3n) is 5.80. The maximum Gasteiger partial charge on any atom is 0.330 e. The second-order valence-electron chi connectivity index (χ2n) is 8.78. The van der Waals surface area contributed by atoms with Crippen molar-refractivity contribution in [3.05, 3.63) is 65.2 Å². The fraction of sp³-hybridized carbons (Fsp3) is 0.407. The van der Waals surface area contributed by atoms with Gasteiger partial charge >= 0.3 is 12.0 Å². The van der Waals surface area contributed by atoms with E-state index in [4.69, 9.17) is 9.47 Å². The first kappa shape index (κ1) is 26.9. The summed E-state index contributed by atoms with van der Waals surface area (Å²) in [6.45, 7) is 7.98. The van der Waals surface area contributed by atoms with Gasteiger partial charge < -0.3 is 14.8 Å². The molecule has 0 spiro atoms. The number of nitrogens with zero attached hydrogens (tertiary/aromatic N) is 3. The second-order valence-corrected chi connectivity index (χ2v) is 8.78. The van der Waals surface area contributed by atoms with Crippen LogP contribution in [0, 0.1) is 6.92 Å². The van der Waals surface area contributed by atoms with Gasteiger partial charge in [-0.05, 0) is 51.0 Å². The first-order chi connectivity index (χ1) is 17.2. The van der Waals surface area contributed by atoms with Gasteiger partial charge in [-0.2, -0.15) is 5.10 Å². The smallest absolute Gasteiger partial charge is 0.330 e. The molecule has 3 amide bonds. The van der Waals surface area contributed by atoms with Gasteiger partial charge in [-0.25, -0.2) is 9.69 Å². The van der Waals surface area contributed by atoms with E-state index in [-0.39, 0.29) is 36.9 Å². The van der Waals surface area contributed by atoms with Gasteiger partial charge in [0.1, 0.15) is 6.17 Å². The topological polar surface area (TPSA) is 101 Å². The highest BCUT2D eigenvalue weighted by Gasteiger charge is 2.34. The standard InChI is InChI=1S/C27H34N4O5/c1-6-35-26(33)15-21-10-12-23(13-11-21)31-25(32)16-24(29-27(31)34)30(5)28-17-19(3)36-20(4)22-9-7-8-18(2)14-22/h7-14,17,19-20,24H,6,15-16H2,1-5H3,(H,29,34)/b28-17+. The van der Waals surface area contributed by atoms with Gasteiger partial charge in [0.25, 0.3) is 0 Å². The zero-order valence-electron chi connectivity index (χ0n) is 21.4. The lowest BCUT2D eigenvalue weighted by molar-refractivity contribution is -0.142. The molecule has 0 aromatic heterocycles. The van der Waals surface area contributed by atoms with Gasteiger partial charge in [-0.1, -0.05) is 42.0 Å². The Bertz CT molecular complexity index is 1080. The number of benzene rings is 2. The van der Waals surface area contributed by atoms with Crippen LogP contribution in [-0.2, 0) is 25.5 Å². The number of anilines is 1. The number of imide groups is 1. The van der Waals surface area contributed by atoms with Crippen LogP contribution < -0.4 is 10.2 Å². The predicted molar refractivity (Wildman–Crippen MR) is 138 cm³/mol. The monoisotopic (exact) mass is 494 g/mol. The van der Waals surface area contributed by atoms with Crippen molar-refractivity contribution in [2.45, 2.75) is 58.9 Å². The van der Waals surface area contributed by atoms with Crippen LogP contribution in [0.4, 0.5) is 10.5 Å². The fourth-order valence-electron chi connectivity index (χ4n) is 3.89. The van der Waals surface area contributed by atoms with E-state index in [1.54, 1.807) is 49.5 Å². The Hall–Kier alpha value is -3.72. The van der Waals surface area contributed by atoms with Crippen LogP contribution in [-0.4, -0.2) is 55.1 Å². The van der Waals surface area contributed by atoms with Gasteiger partial charge in [0.05, 0.1) is 43.6 Å². The molecule has 3 unspecified atom stereocenters. The zero-order valence-corrected chi connectivity index (χ0v) is 21.4. The number of esters is 1. The molecule has 1 saturated heterocycles. The lowest BCUT2D eigenvalue weighted by Crippen LogP contribution is -2.59. The molecule has 0 radical (unpaired) electrons. The van der Waals surface area contributed by atoms with Crippen molar-refractivity contribution in [2.75, 3.05) is 18.6 Å². The summed E-state index contributed by atoms with van der Waals surface area (Å²) in [5, 5.41) is 8.75. The van der Waals surface area contributed by atoms with E-state index in [1.807, 2.05) is 39.0 Å². The molecule has 1 heterocycles. The molecular formula is C27H34N4O5. The Kier molecular flexibility index (Phi) is 9.19. The van der Waals surface area contributed by atoms with Crippen LogP contribution in [0.5, 0.6) is 0 Å². The van der Waals surface area contributed by atoms with Crippen molar-refractivity contribution in [1.29, 1.82) is 0 Å². The largest absolute Gasteiger partial charge is 0.466 e. The van der Waals surface area contributed by atoms with Crippen molar-refractivity contribution >= 4 is 29.8 Å². The minimum absolute atomic E-state index is 0.0547. The van der Waals surface area contributed by atoms with Gasteiger partial charge in [0, 0.05) is 7.05 Å². The summed E-state index contributed by atoms with van der Waals surface area (Å²) in [4.78, 5) is 38.3. The quantitative estimate of drug-likeness (QED) is 0.305. The molecular weight excluding hydrogens is 460 g/mol. The normalized spacial score (nSPS) is 17.6. The summed E-state index contributed by atoms with van der Waals surface area (Å²) < 4.78 is 11.0. The number of carbonyl (C=O) groups is 3. The third kappa shape index (κ3) is 7.14. The van der Waals surface area contributed by atoms with E-state index in [2.05, 4.69) is 16.5 Å². The molecule has 2 aromatic rings. The van der Waals surface area contributed by atoms with E-state index in [1.165, 1.54) is 5.56 Å².